The summed E-state index contributed by atoms with van der Waals surface area (Å²) < 4.78 is 248. The number of aromatic nitrogens is 4. The monoisotopic (exact) mass is 793 g/mol. The molecule has 27 heteroatoms. The third kappa shape index (κ3) is 7.73. The zero-order chi connectivity index (χ0) is 41.7. The van der Waals surface area contributed by atoms with Crippen LogP contribution >= 0.6 is 0 Å². The molecule has 3 aromatic rings. The van der Waals surface area contributed by atoms with Crippen molar-refractivity contribution >= 4 is 11.1 Å². The van der Waals surface area contributed by atoms with Crippen molar-refractivity contribution in [3.63, 3.8) is 0 Å². The van der Waals surface area contributed by atoms with Crippen LogP contribution in [0.4, 0.5) is 79.0 Å². The topological polar surface area (TPSA) is 171 Å². The average Bonchev–Trinajstić information content (AvgIpc) is 3.02. The highest BCUT2D eigenvalue weighted by Crippen LogP contribution is 2.44. The molecule has 0 amide bonds. The van der Waals surface area contributed by atoms with E-state index in [9.17, 15) is 105 Å². The van der Waals surface area contributed by atoms with E-state index in [2.05, 4.69) is 0 Å². The Morgan fingerprint density at radius 3 is 0.981 bits per heavy atom. The molecule has 0 spiro atoms. The fraction of sp³-hybridized carbons (Fsp3) is 0.222. The molecule has 0 fully saturated rings. The van der Waals surface area contributed by atoms with E-state index < -0.39 is 121 Å². The van der Waals surface area contributed by atoms with Crippen molar-refractivity contribution in [2.24, 2.45) is 0 Å². The van der Waals surface area contributed by atoms with Crippen LogP contribution in [-0.2, 0) is 37.1 Å². The fourth-order valence-corrected chi connectivity index (χ4v) is 4.41. The van der Waals surface area contributed by atoms with Crippen LogP contribution in [0.1, 0.15) is 62.2 Å². The number of nitriles is 5. The van der Waals surface area contributed by atoms with E-state index in [1.165, 1.54) is 0 Å². The van der Waals surface area contributed by atoms with Gasteiger partial charge in [0.2, 0.25) is 11.6 Å². The minimum Gasteiger partial charge on any atom is -0.219 e. The van der Waals surface area contributed by atoms with Crippen LogP contribution < -0.4 is 10.4 Å². The van der Waals surface area contributed by atoms with Crippen LogP contribution in [-0.4, -0.2) is 19.9 Å². The third-order valence-corrected chi connectivity index (χ3v) is 6.31. The van der Waals surface area contributed by atoms with Crippen LogP contribution in [0.2, 0.25) is 0 Å². The van der Waals surface area contributed by atoms with Gasteiger partial charge in [0.15, 0.2) is 22.8 Å². The molecule has 280 valence electrons. The molecule has 54 heavy (non-hydrogen) atoms. The highest BCUT2D eigenvalue weighted by molar-refractivity contribution is 5.85. The molecule has 0 aliphatic heterocycles. The fourth-order valence-electron chi connectivity index (χ4n) is 4.41. The van der Waals surface area contributed by atoms with Crippen molar-refractivity contribution in [2.45, 2.75) is 37.1 Å². The lowest BCUT2D eigenvalue weighted by Gasteiger charge is -2.20. The van der Waals surface area contributed by atoms with E-state index >= 15 is 0 Å². The lowest BCUT2D eigenvalue weighted by atomic mass is 9.89. The van der Waals surface area contributed by atoms with Crippen molar-refractivity contribution in [1.82, 2.24) is 19.9 Å². The maximum Gasteiger partial charge on any atom is 0.451 e. The van der Waals surface area contributed by atoms with E-state index in [1.54, 1.807) is 0 Å². The van der Waals surface area contributed by atoms with Gasteiger partial charge >= 0.3 is 37.1 Å². The minimum atomic E-state index is -6.38. The van der Waals surface area contributed by atoms with Gasteiger partial charge in [-0.3, -0.25) is 0 Å². The van der Waals surface area contributed by atoms with Gasteiger partial charge in [0, 0.05) is 10.4 Å². The van der Waals surface area contributed by atoms with Crippen molar-refractivity contribution in [3.05, 3.63) is 78.7 Å². The maximum atomic E-state index is 14.0. The molecular formula is C27HF18N9. The average molecular weight is 793 g/mol. The Balaban J connectivity index is 2.94. The van der Waals surface area contributed by atoms with Crippen LogP contribution in [0.3, 0.4) is 0 Å². The molecule has 0 radical (unpaired) electrons. The molecule has 0 aliphatic carbocycles. The van der Waals surface area contributed by atoms with Gasteiger partial charge in [-0.2, -0.15) is 105 Å². The van der Waals surface area contributed by atoms with E-state index in [-0.39, 0.29) is 6.07 Å². The van der Waals surface area contributed by atoms with Gasteiger partial charge in [-0.1, -0.05) is 0 Å². The zero-order valence-electron chi connectivity index (χ0n) is 24.4. The Bertz CT molecular complexity index is 2340. The van der Waals surface area contributed by atoms with Gasteiger partial charge in [0.1, 0.15) is 24.3 Å². The summed E-state index contributed by atoms with van der Waals surface area (Å²) in [6, 6.07) is 3.64. The minimum absolute atomic E-state index is 0.242. The summed E-state index contributed by atoms with van der Waals surface area (Å²) in [4.78, 5) is 8.04. The molecule has 0 bridgehead atoms. The number of hydrogen-bond acceptors (Lipinski definition) is 9. The second-order valence-electron chi connectivity index (χ2n) is 9.63. The second kappa shape index (κ2) is 13.4. The van der Waals surface area contributed by atoms with Crippen LogP contribution in [0.25, 0.3) is 11.1 Å². The van der Waals surface area contributed by atoms with Gasteiger partial charge in [-0.15, -0.1) is 0 Å². The summed E-state index contributed by atoms with van der Waals surface area (Å²) in [5, 5.41) is 45.3. The molecule has 0 aliphatic rings. The maximum absolute atomic E-state index is 14.0. The molecule has 9 nitrogen and oxygen atoms in total. The Kier molecular flexibility index (Phi) is 10.3. The summed E-state index contributed by atoms with van der Waals surface area (Å²) >= 11 is 0. The second-order valence-corrected chi connectivity index (χ2v) is 9.63. The zero-order valence-corrected chi connectivity index (χ0v) is 24.4. The normalized spacial score (nSPS) is 13.9. The summed E-state index contributed by atoms with van der Waals surface area (Å²) in [6.07, 6.45) is -37.8. The van der Waals surface area contributed by atoms with Crippen molar-refractivity contribution < 1.29 is 79.0 Å². The number of hydrogen-bond donors (Lipinski definition) is 0. The quantitative estimate of drug-likeness (QED) is 0.265. The van der Waals surface area contributed by atoms with Gasteiger partial charge in [-0.25, -0.2) is 19.9 Å². The van der Waals surface area contributed by atoms with E-state index in [0.717, 1.165) is 18.2 Å². The number of nitrogens with zero attached hydrogens (tertiary/aromatic N) is 9. The molecule has 2 aromatic heterocycles. The molecule has 1 aromatic carbocycles. The summed E-state index contributed by atoms with van der Waals surface area (Å²) in [7, 11) is 0. The highest BCUT2D eigenvalue weighted by Gasteiger charge is 2.50. The first-order valence-electron chi connectivity index (χ1n) is 12.6. The van der Waals surface area contributed by atoms with Crippen molar-refractivity contribution in [1.29, 1.82) is 26.3 Å². The molecule has 0 N–H and O–H groups in total. The third-order valence-electron chi connectivity index (χ3n) is 6.31. The van der Waals surface area contributed by atoms with Crippen molar-refractivity contribution in [2.75, 3.05) is 0 Å². The summed E-state index contributed by atoms with van der Waals surface area (Å²) in [5.74, 6) is -6.17. The van der Waals surface area contributed by atoms with Crippen LogP contribution in [0, 0.1) is 56.7 Å². The largest absolute Gasteiger partial charge is 0.451 e. The van der Waals surface area contributed by atoms with E-state index in [4.69, 9.17) is 0 Å². The van der Waals surface area contributed by atoms with Crippen molar-refractivity contribution in [3.8, 4) is 30.3 Å². The Labute approximate surface area is 283 Å². The number of alkyl halides is 18. The molecule has 0 unspecified atom stereocenters. The summed E-state index contributed by atoms with van der Waals surface area (Å²) in [5.41, 5.74) is -28.1. The number of halogens is 18. The molecule has 3 rings (SSSR count). The molecule has 0 saturated carbocycles. The lowest BCUT2D eigenvalue weighted by molar-refractivity contribution is -0.162. The summed E-state index contributed by atoms with van der Waals surface area (Å²) in [6.45, 7) is 0. The number of benzene rings is 1. The van der Waals surface area contributed by atoms with Gasteiger partial charge in [0.25, 0.3) is 0 Å². The van der Waals surface area contributed by atoms with Crippen LogP contribution in [0.15, 0.2) is 6.07 Å². The Morgan fingerprint density at radius 2 is 0.741 bits per heavy atom. The van der Waals surface area contributed by atoms with Crippen LogP contribution in [0.5, 0.6) is 0 Å². The molecule has 0 saturated heterocycles. The lowest BCUT2D eigenvalue weighted by Crippen LogP contribution is -2.31. The highest BCUT2D eigenvalue weighted by atomic mass is 19.4. The Hall–Kier alpha value is -6.69. The standard InChI is InChI=1S/C27HF18N9/c28-22(29,30)16-14(17(23(31,32)33)52-20(51-16)26(40,41)42)10(4-48)8-1-7(2-46)13(11(5-49)9(8)3-47)12(6-50)15-18(24(34,35)36)53-21(27(43,44)45)54-19(15)25(37,38)39/h1H/b10-8+,13-12+. The number of rotatable bonds is 2. The van der Waals surface area contributed by atoms with E-state index in [1.807, 2.05) is 19.9 Å². The molecular weight excluding hydrogens is 792 g/mol. The van der Waals surface area contributed by atoms with Gasteiger partial charge in [-0.05, 0) is 6.07 Å². The first-order chi connectivity index (χ1) is 24.4. The first-order valence-corrected chi connectivity index (χ1v) is 12.6. The molecule has 0 atom stereocenters. The predicted molar refractivity (Wildman–Crippen MR) is 130 cm³/mol. The Morgan fingerprint density at radius 1 is 0.426 bits per heavy atom. The molecule has 2 heterocycles. The smallest absolute Gasteiger partial charge is 0.219 e. The van der Waals surface area contributed by atoms with Gasteiger partial charge in [0.05, 0.1) is 45.0 Å². The van der Waals surface area contributed by atoms with E-state index in [0.29, 0.717) is 12.1 Å². The predicted octanol–water partition coefficient (Wildman–Crippen LogP) is 6.44. The van der Waals surface area contributed by atoms with Gasteiger partial charge < -0.3 is 0 Å². The first kappa shape index (κ1) is 41.7. The SMILES string of the molecule is N#C/C(c1c(C(F)(F)F)nc(C(F)(F)F)nc1C(F)(F)F)=c1/cc(C#N)/c(=C(/C#N)c2c(C(F)(F)F)nc(C(F)(F)F)nc2C(F)(F)F)c(C#N)c1C#N.